The molecule has 21 heavy (non-hydrogen) atoms. The van der Waals surface area contributed by atoms with Gasteiger partial charge in [0, 0.05) is 5.56 Å². The third-order valence-electron chi connectivity index (χ3n) is 2.88. The predicted octanol–water partition coefficient (Wildman–Crippen LogP) is 3.08. The van der Waals surface area contributed by atoms with E-state index in [0.717, 1.165) is 11.6 Å². The van der Waals surface area contributed by atoms with Crippen LogP contribution in [0.4, 0.5) is 10.1 Å². The zero-order valence-corrected chi connectivity index (χ0v) is 12.7. The van der Waals surface area contributed by atoms with E-state index >= 15 is 0 Å². The van der Waals surface area contributed by atoms with Crippen LogP contribution in [-0.2, 0) is 16.6 Å². The Morgan fingerprint density at radius 1 is 1.29 bits per heavy atom. The van der Waals surface area contributed by atoms with Gasteiger partial charge >= 0.3 is 0 Å². The van der Waals surface area contributed by atoms with Gasteiger partial charge in [-0.15, -0.1) is 0 Å². The Bertz CT molecular complexity index is 778. The highest BCUT2D eigenvalue weighted by molar-refractivity contribution is 7.92. The molecular formula is C14H13ClFNO3S. The highest BCUT2D eigenvalue weighted by atomic mass is 35.5. The third-order valence-corrected chi connectivity index (χ3v) is 4.72. The van der Waals surface area contributed by atoms with Gasteiger partial charge in [-0.25, -0.2) is 12.8 Å². The molecule has 0 aliphatic rings. The molecule has 0 amide bonds. The fourth-order valence-electron chi connectivity index (χ4n) is 1.83. The minimum Gasteiger partial charge on any atom is -0.392 e. The summed E-state index contributed by atoms with van der Waals surface area (Å²) in [5.74, 6) is -0.770. The molecule has 2 aromatic rings. The number of anilines is 1. The molecule has 0 unspecified atom stereocenters. The lowest BCUT2D eigenvalue weighted by molar-refractivity contribution is 0.282. The summed E-state index contributed by atoms with van der Waals surface area (Å²) in [5, 5.41) is 9.22. The molecule has 0 aliphatic carbocycles. The molecule has 0 fully saturated rings. The number of halogens is 2. The Kier molecular flexibility index (Phi) is 4.51. The smallest absolute Gasteiger partial charge is 0.263 e. The fraction of sp³-hybridized carbons (Fsp3) is 0.143. The van der Waals surface area contributed by atoms with E-state index < -0.39 is 22.4 Å². The number of hydrogen-bond donors (Lipinski definition) is 2. The van der Waals surface area contributed by atoms with Gasteiger partial charge < -0.3 is 5.11 Å². The van der Waals surface area contributed by atoms with Gasteiger partial charge in [-0.3, -0.25) is 4.72 Å². The van der Waals surface area contributed by atoms with Gasteiger partial charge in [0.1, 0.15) is 10.7 Å². The monoisotopic (exact) mass is 329 g/mol. The number of hydrogen-bond acceptors (Lipinski definition) is 3. The number of para-hydroxylation sites is 1. The summed E-state index contributed by atoms with van der Waals surface area (Å²) in [5.41, 5.74) is 0.666. The van der Waals surface area contributed by atoms with Crippen LogP contribution in [0.1, 0.15) is 11.1 Å². The molecule has 0 saturated carbocycles. The first-order valence-electron chi connectivity index (χ1n) is 6.02. The molecule has 7 heteroatoms. The zero-order chi connectivity index (χ0) is 15.6. The van der Waals surface area contributed by atoms with Gasteiger partial charge in [-0.05, 0) is 30.7 Å². The molecule has 4 nitrogen and oxygen atoms in total. The molecule has 0 atom stereocenters. The molecular weight excluding hydrogens is 317 g/mol. The topological polar surface area (TPSA) is 66.4 Å². The van der Waals surface area contributed by atoms with Gasteiger partial charge in [0.2, 0.25) is 0 Å². The van der Waals surface area contributed by atoms with Gasteiger partial charge in [0.25, 0.3) is 10.0 Å². The van der Waals surface area contributed by atoms with E-state index in [4.69, 9.17) is 11.6 Å². The number of rotatable bonds is 4. The van der Waals surface area contributed by atoms with Crippen molar-refractivity contribution in [1.29, 1.82) is 0 Å². The largest absolute Gasteiger partial charge is 0.392 e. The number of sulfonamides is 1. The number of nitrogens with one attached hydrogen (secondary N) is 1. The van der Waals surface area contributed by atoms with E-state index in [2.05, 4.69) is 4.72 Å². The van der Waals surface area contributed by atoms with E-state index in [1.54, 1.807) is 13.0 Å². The molecule has 0 aliphatic heterocycles. The Morgan fingerprint density at radius 2 is 2.00 bits per heavy atom. The van der Waals surface area contributed by atoms with E-state index in [9.17, 15) is 17.9 Å². The van der Waals surface area contributed by atoms with Crippen molar-refractivity contribution in [3.63, 3.8) is 0 Å². The lowest BCUT2D eigenvalue weighted by Crippen LogP contribution is -2.16. The van der Waals surface area contributed by atoms with E-state index in [0.29, 0.717) is 0 Å². The van der Waals surface area contributed by atoms with Crippen LogP contribution in [0, 0.1) is 12.7 Å². The number of aliphatic hydroxyl groups excluding tert-OH is 1. The summed E-state index contributed by atoms with van der Waals surface area (Å²) < 4.78 is 40.5. The van der Waals surface area contributed by atoms with Crippen molar-refractivity contribution in [2.24, 2.45) is 0 Å². The molecule has 2 N–H and O–H groups in total. The first-order valence-corrected chi connectivity index (χ1v) is 7.88. The van der Waals surface area contributed by atoms with Gasteiger partial charge in [0.15, 0.2) is 0 Å². The minimum absolute atomic E-state index is 0.0457. The molecule has 112 valence electrons. The zero-order valence-electron chi connectivity index (χ0n) is 11.1. The first kappa shape index (κ1) is 15.8. The van der Waals surface area contributed by atoms with Crippen LogP contribution < -0.4 is 4.72 Å². The molecule has 0 bridgehead atoms. The molecule has 2 aromatic carbocycles. The van der Waals surface area contributed by atoms with Crippen molar-refractivity contribution in [3.05, 3.63) is 58.4 Å². The van der Waals surface area contributed by atoms with Gasteiger partial charge in [-0.1, -0.05) is 29.8 Å². The van der Waals surface area contributed by atoms with Crippen molar-refractivity contribution in [2.75, 3.05) is 4.72 Å². The third kappa shape index (κ3) is 3.34. The van der Waals surface area contributed by atoms with E-state index in [1.807, 2.05) is 0 Å². The lowest BCUT2D eigenvalue weighted by Gasteiger charge is -2.13. The SMILES string of the molecule is Cc1ccc(S(=O)(=O)Nc2c(F)cccc2CO)c(Cl)c1. The standard InChI is InChI=1S/C14H13ClFNO3S/c1-9-5-6-13(11(15)7-9)21(19,20)17-14-10(8-18)3-2-4-12(14)16/h2-7,17-18H,8H2,1H3. The second-order valence-corrected chi connectivity index (χ2v) is 6.53. The van der Waals surface area contributed by atoms with Crippen LogP contribution in [0.2, 0.25) is 5.02 Å². The minimum atomic E-state index is -4.05. The van der Waals surface area contributed by atoms with Crippen LogP contribution in [0.25, 0.3) is 0 Å². The summed E-state index contributed by atoms with van der Waals surface area (Å²) in [4.78, 5) is -0.151. The van der Waals surface area contributed by atoms with Crippen LogP contribution in [0.3, 0.4) is 0 Å². The fourth-order valence-corrected chi connectivity index (χ4v) is 3.54. The normalized spacial score (nSPS) is 11.4. The maximum absolute atomic E-state index is 13.8. The highest BCUT2D eigenvalue weighted by Gasteiger charge is 2.21. The summed E-state index contributed by atoms with van der Waals surface area (Å²) in [6, 6.07) is 8.36. The number of benzene rings is 2. The summed E-state index contributed by atoms with van der Waals surface area (Å²) in [6.45, 7) is 1.29. The number of aliphatic hydroxyl groups is 1. The quantitative estimate of drug-likeness (QED) is 0.906. The molecule has 0 heterocycles. The van der Waals surface area contributed by atoms with Crippen LogP contribution >= 0.6 is 11.6 Å². The maximum Gasteiger partial charge on any atom is 0.263 e. The van der Waals surface area contributed by atoms with Gasteiger partial charge in [0.05, 0.1) is 17.3 Å². The van der Waals surface area contributed by atoms with Crippen LogP contribution in [-0.4, -0.2) is 13.5 Å². The maximum atomic E-state index is 13.8. The average Bonchev–Trinajstić information content (AvgIpc) is 2.40. The summed E-state index contributed by atoms with van der Waals surface area (Å²) >= 11 is 5.93. The molecule has 2 rings (SSSR count). The Labute approximate surface area is 127 Å². The summed E-state index contributed by atoms with van der Waals surface area (Å²) in [6.07, 6.45) is 0. The van der Waals surface area contributed by atoms with Crippen molar-refractivity contribution in [2.45, 2.75) is 18.4 Å². The highest BCUT2D eigenvalue weighted by Crippen LogP contribution is 2.27. The molecule has 0 aromatic heterocycles. The first-order chi connectivity index (χ1) is 9.85. The van der Waals surface area contributed by atoms with E-state index in [-0.39, 0.29) is 21.2 Å². The van der Waals surface area contributed by atoms with Crippen molar-refractivity contribution in [3.8, 4) is 0 Å². The Morgan fingerprint density at radius 3 is 2.62 bits per heavy atom. The van der Waals surface area contributed by atoms with Crippen LogP contribution in [0.5, 0.6) is 0 Å². The summed E-state index contributed by atoms with van der Waals surface area (Å²) in [7, 11) is -4.05. The predicted molar refractivity (Wildman–Crippen MR) is 79.3 cm³/mol. The molecule has 0 radical (unpaired) electrons. The second-order valence-electron chi connectivity index (χ2n) is 4.47. The Balaban J connectivity index is 2.47. The van der Waals surface area contributed by atoms with E-state index in [1.165, 1.54) is 24.3 Å². The lowest BCUT2D eigenvalue weighted by atomic mass is 10.2. The molecule has 0 spiro atoms. The number of aryl methyl sites for hydroxylation is 1. The van der Waals surface area contributed by atoms with Crippen molar-refractivity contribution < 1.29 is 17.9 Å². The van der Waals surface area contributed by atoms with Crippen molar-refractivity contribution in [1.82, 2.24) is 0 Å². The van der Waals surface area contributed by atoms with Crippen LogP contribution in [0.15, 0.2) is 41.3 Å². The Hall–Kier alpha value is -1.63. The van der Waals surface area contributed by atoms with Gasteiger partial charge in [-0.2, -0.15) is 0 Å². The van der Waals surface area contributed by atoms with Crippen molar-refractivity contribution >= 4 is 27.3 Å². The average molecular weight is 330 g/mol. The second kappa shape index (κ2) is 6.01. The molecule has 0 saturated heterocycles.